The molecule has 1 aromatic carbocycles. The van der Waals surface area contributed by atoms with Gasteiger partial charge in [-0.25, -0.2) is 4.84 Å². The quantitative estimate of drug-likeness (QED) is 0.746. The Bertz CT molecular complexity index is 281. The summed E-state index contributed by atoms with van der Waals surface area (Å²) in [5, 5.41) is 0. The lowest BCUT2D eigenvalue weighted by atomic mass is 10.3. The summed E-state index contributed by atoms with van der Waals surface area (Å²) in [6.45, 7) is -0.472. The number of nitrogens with one attached hydrogen (secondary N) is 1. The van der Waals surface area contributed by atoms with Gasteiger partial charge in [-0.3, -0.25) is 5.48 Å². The van der Waals surface area contributed by atoms with Gasteiger partial charge in [0.1, 0.15) is 5.75 Å². The number of halogens is 2. The van der Waals surface area contributed by atoms with Crippen LogP contribution in [0.3, 0.4) is 0 Å². The molecule has 1 N–H and O–H groups in total. The summed E-state index contributed by atoms with van der Waals surface area (Å²) in [7, 11) is 0. The molecule has 0 saturated heterocycles. The fourth-order valence-electron chi connectivity index (χ4n) is 0.929. The topological polar surface area (TPSA) is 30.5 Å². The van der Waals surface area contributed by atoms with Crippen molar-refractivity contribution in [1.82, 2.24) is 0 Å². The number of anilines is 1. The molecule has 0 saturated carbocycles. The summed E-state index contributed by atoms with van der Waals surface area (Å²) in [5.41, 5.74) is 2.54. The molecule has 1 aromatic rings. The van der Waals surface area contributed by atoms with Crippen LogP contribution in [0, 0.1) is 0 Å². The van der Waals surface area contributed by atoms with E-state index in [1.165, 1.54) is 0 Å². The molecule has 0 spiro atoms. The zero-order chi connectivity index (χ0) is 10.4. The molecule has 0 aromatic heterocycles. The van der Waals surface area contributed by atoms with E-state index in [1.54, 1.807) is 24.3 Å². The Kier molecular flexibility index (Phi) is 4.12. The van der Waals surface area contributed by atoms with E-state index < -0.39 is 6.61 Å². The first-order chi connectivity index (χ1) is 6.72. The van der Waals surface area contributed by atoms with Crippen LogP contribution in [0.2, 0.25) is 0 Å². The zero-order valence-electron chi connectivity index (χ0n) is 7.67. The van der Waals surface area contributed by atoms with E-state index in [2.05, 4.69) is 10.3 Å². The summed E-state index contributed by atoms with van der Waals surface area (Å²) >= 11 is 0. The van der Waals surface area contributed by atoms with Crippen LogP contribution in [0.15, 0.2) is 24.3 Å². The number of rotatable bonds is 5. The highest BCUT2D eigenvalue weighted by atomic mass is 19.3. The van der Waals surface area contributed by atoms with Crippen LogP contribution in [0.1, 0.15) is 6.92 Å². The van der Waals surface area contributed by atoms with E-state index in [-0.39, 0.29) is 0 Å². The molecule has 0 aliphatic rings. The molecule has 0 fully saturated rings. The maximum absolute atomic E-state index is 11.7. The third-order valence-corrected chi connectivity index (χ3v) is 1.41. The monoisotopic (exact) mass is 203 g/mol. The molecule has 5 heteroatoms. The first-order valence-corrected chi connectivity index (χ1v) is 4.15. The fraction of sp³-hybridized carbons (Fsp3) is 0.333. The van der Waals surface area contributed by atoms with Gasteiger partial charge >= 0.3 is 6.61 Å². The second-order valence-corrected chi connectivity index (χ2v) is 2.44. The highest BCUT2D eigenvalue weighted by Gasteiger charge is 2.02. The van der Waals surface area contributed by atoms with Crippen LogP contribution in [0.25, 0.3) is 0 Å². The molecule has 0 atom stereocenters. The Labute approximate surface area is 80.6 Å². The van der Waals surface area contributed by atoms with Gasteiger partial charge in [0.2, 0.25) is 0 Å². The first-order valence-electron chi connectivity index (χ1n) is 4.15. The Morgan fingerprint density at radius 3 is 2.86 bits per heavy atom. The largest absolute Gasteiger partial charge is 0.494 e. The van der Waals surface area contributed by atoms with E-state index in [0.29, 0.717) is 18.0 Å². The van der Waals surface area contributed by atoms with Crippen LogP contribution in [0.5, 0.6) is 5.75 Å². The maximum Gasteiger partial charge on any atom is 0.364 e. The summed E-state index contributed by atoms with van der Waals surface area (Å²) in [6, 6.07) is 6.59. The Morgan fingerprint density at radius 1 is 1.43 bits per heavy atom. The molecular weight excluding hydrogens is 192 g/mol. The van der Waals surface area contributed by atoms with Crippen LogP contribution < -0.4 is 10.2 Å². The van der Waals surface area contributed by atoms with E-state index in [1.807, 2.05) is 6.92 Å². The summed E-state index contributed by atoms with van der Waals surface area (Å²) in [4.78, 5) is 3.92. The fourth-order valence-corrected chi connectivity index (χ4v) is 0.929. The molecule has 3 nitrogen and oxygen atoms in total. The van der Waals surface area contributed by atoms with Crippen LogP contribution in [0.4, 0.5) is 14.5 Å². The van der Waals surface area contributed by atoms with E-state index in [4.69, 9.17) is 4.74 Å². The predicted octanol–water partition coefficient (Wildman–Crippen LogP) is 2.65. The Hall–Kier alpha value is -1.36. The van der Waals surface area contributed by atoms with Crippen molar-refractivity contribution in [3.05, 3.63) is 24.3 Å². The van der Waals surface area contributed by atoms with Crippen molar-refractivity contribution in [2.45, 2.75) is 13.5 Å². The summed E-state index contributed by atoms with van der Waals surface area (Å²) in [6.07, 6.45) is 0. The third kappa shape index (κ3) is 3.57. The molecule has 1 rings (SSSR count). The Balaban J connectivity index is 2.54. The highest BCUT2D eigenvalue weighted by Crippen LogP contribution is 2.17. The van der Waals surface area contributed by atoms with Gasteiger partial charge in [0.05, 0.1) is 12.3 Å². The lowest BCUT2D eigenvalue weighted by Crippen LogP contribution is -2.06. The second kappa shape index (κ2) is 5.39. The molecular formula is C9H11F2NO2. The Morgan fingerprint density at radius 2 is 2.21 bits per heavy atom. The van der Waals surface area contributed by atoms with Crippen molar-refractivity contribution in [1.29, 1.82) is 0 Å². The average molecular weight is 203 g/mol. The number of ether oxygens (including phenoxy) is 1. The SMILES string of the molecule is CCOc1cccc(NOC(F)F)c1. The molecule has 0 unspecified atom stereocenters. The van der Waals surface area contributed by atoms with Gasteiger partial charge in [0.15, 0.2) is 0 Å². The average Bonchev–Trinajstić information content (AvgIpc) is 2.16. The van der Waals surface area contributed by atoms with Gasteiger partial charge in [-0.15, -0.1) is 0 Å². The molecule has 0 aliphatic heterocycles. The van der Waals surface area contributed by atoms with Gasteiger partial charge in [0, 0.05) is 6.07 Å². The minimum absolute atomic E-state index is 0.427. The molecule has 0 bridgehead atoms. The van der Waals surface area contributed by atoms with Crippen molar-refractivity contribution < 1.29 is 18.4 Å². The molecule has 0 radical (unpaired) electrons. The minimum atomic E-state index is -2.84. The normalized spacial score (nSPS) is 10.3. The minimum Gasteiger partial charge on any atom is -0.494 e. The van der Waals surface area contributed by atoms with Crippen molar-refractivity contribution in [3.63, 3.8) is 0 Å². The highest BCUT2D eigenvalue weighted by molar-refractivity contribution is 5.46. The molecule has 0 amide bonds. The molecule has 14 heavy (non-hydrogen) atoms. The standard InChI is InChI=1S/C9H11F2NO2/c1-2-13-8-5-3-4-7(6-8)12-14-9(10)11/h3-6,9,12H,2H2,1H3. The smallest absolute Gasteiger partial charge is 0.364 e. The van der Waals surface area contributed by atoms with Crippen molar-refractivity contribution >= 4 is 5.69 Å². The maximum atomic E-state index is 11.7. The van der Waals surface area contributed by atoms with E-state index >= 15 is 0 Å². The van der Waals surface area contributed by atoms with Gasteiger partial charge in [-0.2, -0.15) is 8.78 Å². The lowest BCUT2D eigenvalue weighted by Gasteiger charge is -2.07. The van der Waals surface area contributed by atoms with E-state index in [0.717, 1.165) is 0 Å². The second-order valence-electron chi connectivity index (χ2n) is 2.44. The van der Waals surface area contributed by atoms with Crippen LogP contribution >= 0.6 is 0 Å². The summed E-state index contributed by atoms with van der Waals surface area (Å²) < 4.78 is 28.5. The number of alkyl halides is 2. The summed E-state index contributed by atoms with van der Waals surface area (Å²) in [5.74, 6) is 0.607. The van der Waals surface area contributed by atoms with E-state index in [9.17, 15) is 8.78 Å². The van der Waals surface area contributed by atoms with Gasteiger partial charge in [-0.05, 0) is 19.1 Å². The van der Waals surface area contributed by atoms with Gasteiger partial charge in [-0.1, -0.05) is 6.07 Å². The zero-order valence-corrected chi connectivity index (χ0v) is 7.67. The number of hydrogen-bond acceptors (Lipinski definition) is 3. The lowest BCUT2D eigenvalue weighted by molar-refractivity contribution is -0.105. The van der Waals surface area contributed by atoms with Crippen LogP contribution in [-0.2, 0) is 4.84 Å². The first kappa shape index (κ1) is 10.7. The number of benzene rings is 1. The number of hydrogen-bond donors (Lipinski definition) is 1. The predicted molar refractivity (Wildman–Crippen MR) is 48.3 cm³/mol. The van der Waals surface area contributed by atoms with Gasteiger partial charge < -0.3 is 4.74 Å². The van der Waals surface area contributed by atoms with Crippen molar-refractivity contribution in [2.24, 2.45) is 0 Å². The molecule has 0 aliphatic carbocycles. The third-order valence-electron chi connectivity index (χ3n) is 1.41. The van der Waals surface area contributed by atoms with Crippen molar-refractivity contribution in [2.75, 3.05) is 12.1 Å². The van der Waals surface area contributed by atoms with Gasteiger partial charge in [0.25, 0.3) is 0 Å². The molecule has 0 heterocycles. The van der Waals surface area contributed by atoms with Crippen LogP contribution in [-0.4, -0.2) is 13.2 Å². The van der Waals surface area contributed by atoms with Crippen molar-refractivity contribution in [3.8, 4) is 5.75 Å². The molecule has 78 valence electrons.